The summed E-state index contributed by atoms with van der Waals surface area (Å²) in [6.07, 6.45) is 0. The molecule has 0 saturated carbocycles. The molecule has 100 valence electrons. The van der Waals surface area contributed by atoms with E-state index in [-0.39, 0.29) is 4.83 Å². The molecular formula is C15H13BrF2O. The van der Waals surface area contributed by atoms with Crippen LogP contribution in [0.5, 0.6) is 5.75 Å². The van der Waals surface area contributed by atoms with Crippen molar-refractivity contribution in [1.82, 2.24) is 0 Å². The van der Waals surface area contributed by atoms with Gasteiger partial charge in [-0.15, -0.1) is 0 Å². The summed E-state index contributed by atoms with van der Waals surface area (Å²) in [6, 6.07) is 9.12. The Morgan fingerprint density at radius 2 is 1.68 bits per heavy atom. The number of halogens is 3. The highest BCUT2D eigenvalue weighted by Crippen LogP contribution is 2.34. The van der Waals surface area contributed by atoms with Crippen molar-refractivity contribution in [2.75, 3.05) is 7.11 Å². The normalized spacial score (nSPS) is 12.3. The molecule has 0 heterocycles. The molecule has 0 aliphatic carbocycles. The topological polar surface area (TPSA) is 9.23 Å². The lowest BCUT2D eigenvalue weighted by molar-refractivity contribution is 0.414. The number of alkyl halides is 1. The van der Waals surface area contributed by atoms with E-state index in [1.54, 1.807) is 7.11 Å². The molecule has 0 aliphatic heterocycles. The van der Waals surface area contributed by atoms with Gasteiger partial charge in [0.05, 0.1) is 11.9 Å². The molecule has 0 radical (unpaired) electrons. The minimum absolute atomic E-state index is 0.261. The molecular weight excluding hydrogens is 314 g/mol. The third kappa shape index (κ3) is 3.13. The van der Waals surface area contributed by atoms with Crippen LogP contribution in [0.1, 0.15) is 21.5 Å². The quantitative estimate of drug-likeness (QED) is 0.738. The third-order valence-corrected chi connectivity index (χ3v) is 3.95. The van der Waals surface area contributed by atoms with Gasteiger partial charge in [0.25, 0.3) is 0 Å². The van der Waals surface area contributed by atoms with Gasteiger partial charge in [-0.05, 0) is 47.9 Å². The first kappa shape index (κ1) is 14.0. The van der Waals surface area contributed by atoms with Gasteiger partial charge in [0, 0.05) is 6.07 Å². The first-order valence-corrected chi connectivity index (χ1v) is 6.67. The molecule has 1 atom stereocenters. The van der Waals surface area contributed by atoms with Crippen LogP contribution in [0.3, 0.4) is 0 Å². The molecule has 0 aliphatic rings. The van der Waals surface area contributed by atoms with Crippen molar-refractivity contribution >= 4 is 15.9 Å². The van der Waals surface area contributed by atoms with Crippen LogP contribution in [0, 0.1) is 18.6 Å². The molecule has 1 unspecified atom stereocenters. The second-order valence-corrected chi connectivity index (χ2v) is 5.20. The van der Waals surface area contributed by atoms with Crippen LogP contribution >= 0.6 is 15.9 Å². The maximum Gasteiger partial charge on any atom is 0.126 e. The molecule has 0 bridgehead atoms. The van der Waals surface area contributed by atoms with Crippen molar-refractivity contribution in [1.29, 1.82) is 0 Å². The highest BCUT2D eigenvalue weighted by atomic mass is 79.9. The van der Waals surface area contributed by atoms with Crippen molar-refractivity contribution in [3.05, 3.63) is 64.7 Å². The Balaban J connectivity index is 2.40. The van der Waals surface area contributed by atoms with Crippen LogP contribution in [-0.4, -0.2) is 7.11 Å². The van der Waals surface area contributed by atoms with Crippen LogP contribution in [0.4, 0.5) is 8.78 Å². The number of ether oxygens (including phenoxy) is 1. The van der Waals surface area contributed by atoms with Crippen molar-refractivity contribution < 1.29 is 13.5 Å². The van der Waals surface area contributed by atoms with E-state index in [1.165, 1.54) is 12.1 Å². The summed E-state index contributed by atoms with van der Waals surface area (Å²) in [7, 11) is 1.60. The summed E-state index contributed by atoms with van der Waals surface area (Å²) in [5.41, 5.74) is 2.49. The van der Waals surface area contributed by atoms with Gasteiger partial charge < -0.3 is 4.74 Å². The molecule has 2 aromatic carbocycles. The Labute approximate surface area is 119 Å². The number of benzene rings is 2. The molecule has 0 amide bonds. The van der Waals surface area contributed by atoms with Crippen molar-refractivity contribution in [3.8, 4) is 5.75 Å². The first-order valence-electron chi connectivity index (χ1n) is 5.76. The van der Waals surface area contributed by atoms with Crippen LogP contribution in [-0.2, 0) is 0 Å². The van der Waals surface area contributed by atoms with Crippen molar-refractivity contribution in [2.45, 2.75) is 11.8 Å². The molecule has 4 heteroatoms. The molecule has 0 spiro atoms. The van der Waals surface area contributed by atoms with Crippen LogP contribution in [0.15, 0.2) is 36.4 Å². The molecule has 0 fully saturated rings. The molecule has 2 aromatic rings. The molecule has 0 saturated heterocycles. The van der Waals surface area contributed by atoms with Gasteiger partial charge in [-0.3, -0.25) is 0 Å². The zero-order valence-electron chi connectivity index (χ0n) is 10.6. The Kier molecular flexibility index (Phi) is 4.20. The van der Waals surface area contributed by atoms with E-state index in [2.05, 4.69) is 15.9 Å². The fourth-order valence-corrected chi connectivity index (χ4v) is 2.74. The second-order valence-electron chi connectivity index (χ2n) is 4.29. The lowest BCUT2D eigenvalue weighted by atomic mass is 10.00. The van der Waals surface area contributed by atoms with Gasteiger partial charge in [-0.2, -0.15) is 0 Å². The number of hydrogen-bond donors (Lipinski definition) is 0. The standard InChI is InChI=1S/C15H13BrF2O/c1-9-5-13(19-2)3-4-14(9)15(16)10-6-11(17)8-12(18)7-10/h3-8,15H,1-2H3. The Morgan fingerprint density at radius 3 is 2.21 bits per heavy atom. The van der Waals surface area contributed by atoms with Gasteiger partial charge in [-0.1, -0.05) is 22.0 Å². The highest BCUT2D eigenvalue weighted by Gasteiger charge is 2.15. The smallest absolute Gasteiger partial charge is 0.126 e. The summed E-state index contributed by atoms with van der Waals surface area (Å²) in [5.74, 6) is -0.400. The largest absolute Gasteiger partial charge is 0.497 e. The highest BCUT2D eigenvalue weighted by molar-refractivity contribution is 9.09. The molecule has 0 N–H and O–H groups in total. The van der Waals surface area contributed by atoms with Gasteiger partial charge >= 0.3 is 0 Å². The third-order valence-electron chi connectivity index (χ3n) is 2.93. The van der Waals surface area contributed by atoms with Gasteiger partial charge in [0.1, 0.15) is 17.4 Å². The maximum absolute atomic E-state index is 13.2. The van der Waals surface area contributed by atoms with Crippen molar-refractivity contribution in [3.63, 3.8) is 0 Å². The zero-order valence-corrected chi connectivity index (χ0v) is 12.2. The fourth-order valence-electron chi connectivity index (χ4n) is 1.96. The zero-order chi connectivity index (χ0) is 14.0. The Bertz CT molecular complexity index is 578. The van der Waals surface area contributed by atoms with Crippen LogP contribution < -0.4 is 4.74 Å². The summed E-state index contributed by atoms with van der Waals surface area (Å²) in [4.78, 5) is -0.261. The number of hydrogen-bond acceptors (Lipinski definition) is 1. The van der Waals surface area contributed by atoms with Crippen LogP contribution in [0.2, 0.25) is 0 Å². The number of methoxy groups -OCH3 is 1. The fraction of sp³-hybridized carbons (Fsp3) is 0.200. The van der Waals surface area contributed by atoms with E-state index in [1.807, 2.05) is 25.1 Å². The predicted octanol–water partition coefficient (Wildman–Crippen LogP) is 4.77. The molecule has 19 heavy (non-hydrogen) atoms. The monoisotopic (exact) mass is 326 g/mol. The molecule has 1 nitrogen and oxygen atoms in total. The van der Waals surface area contributed by atoms with Gasteiger partial charge in [0.15, 0.2) is 0 Å². The summed E-state index contributed by atoms with van der Waals surface area (Å²) >= 11 is 3.49. The molecule has 0 aromatic heterocycles. The minimum atomic E-state index is -0.578. The summed E-state index contributed by atoms with van der Waals surface area (Å²) < 4.78 is 31.6. The van der Waals surface area contributed by atoms with E-state index in [0.29, 0.717) is 5.56 Å². The van der Waals surface area contributed by atoms with E-state index >= 15 is 0 Å². The maximum atomic E-state index is 13.2. The lowest BCUT2D eigenvalue weighted by Crippen LogP contribution is -1.98. The average Bonchev–Trinajstić information content (AvgIpc) is 2.36. The summed E-state index contributed by atoms with van der Waals surface area (Å²) in [5, 5.41) is 0. The lowest BCUT2D eigenvalue weighted by Gasteiger charge is -2.15. The van der Waals surface area contributed by atoms with Crippen molar-refractivity contribution in [2.24, 2.45) is 0 Å². The van der Waals surface area contributed by atoms with E-state index < -0.39 is 11.6 Å². The van der Waals surface area contributed by atoms with Crippen LogP contribution in [0.25, 0.3) is 0 Å². The van der Waals surface area contributed by atoms with E-state index in [4.69, 9.17) is 4.74 Å². The Morgan fingerprint density at radius 1 is 1.05 bits per heavy atom. The van der Waals surface area contributed by atoms with Gasteiger partial charge in [0.2, 0.25) is 0 Å². The number of rotatable bonds is 3. The second kappa shape index (κ2) is 5.70. The first-order chi connectivity index (χ1) is 9.01. The van der Waals surface area contributed by atoms with Gasteiger partial charge in [-0.25, -0.2) is 8.78 Å². The SMILES string of the molecule is COc1ccc(C(Br)c2cc(F)cc(F)c2)c(C)c1. The minimum Gasteiger partial charge on any atom is -0.497 e. The van der Waals surface area contributed by atoms with E-state index in [9.17, 15) is 8.78 Å². The average molecular weight is 327 g/mol. The Hall–Kier alpha value is -1.42. The van der Waals surface area contributed by atoms with E-state index in [0.717, 1.165) is 22.9 Å². The number of aryl methyl sites for hydroxylation is 1. The summed E-state index contributed by atoms with van der Waals surface area (Å²) in [6.45, 7) is 1.93. The molecule has 2 rings (SSSR count). The predicted molar refractivity (Wildman–Crippen MR) is 74.9 cm³/mol.